The van der Waals surface area contributed by atoms with Crippen molar-refractivity contribution in [2.24, 2.45) is 10.7 Å². The molecule has 6 heteroatoms. The van der Waals surface area contributed by atoms with E-state index in [0.29, 0.717) is 11.5 Å². The van der Waals surface area contributed by atoms with E-state index in [4.69, 9.17) is 5.73 Å². The zero-order valence-electron chi connectivity index (χ0n) is 6.77. The highest BCUT2D eigenvalue weighted by molar-refractivity contribution is 5.69. The van der Waals surface area contributed by atoms with E-state index in [0.717, 1.165) is 0 Å². The highest BCUT2D eigenvalue weighted by atomic mass is 16.1. The number of aromatic amines is 1. The molecule has 13 heavy (non-hydrogen) atoms. The van der Waals surface area contributed by atoms with Gasteiger partial charge in [-0.1, -0.05) is 0 Å². The molecule has 0 aromatic carbocycles. The zero-order valence-corrected chi connectivity index (χ0v) is 6.77. The fourth-order valence-electron chi connectivity index (χ4n) is 1.19. The third-order valence-electron chi connectivity index (χ3n) is 1.87. The number of nitrogens with zero attached hydrogens (tertiary/aromatic N) is 3. The van der Waals surface area contributed by atoms with Crippen molar-refractivity contribution in [2.75, 3.05) is 6.54 Å². The molecule has 2 rings (SSSR count). The Labute approximate surface area is 74.5 Å². The van der Waals surface area contributed by atoms with Gasteiger partial charge in [0.2, 0.25) is 6.29 Å². The van der Waals surface area contributed by atoms with E-state index >= 15 is 0 Å². The summed E-state index contributed by atoms with van der Waals surface area (Å²) in [6, 6.07) is 0. The summed E-state index contributed by atoms with van der Waals surface area (Å²) in [4.78, 5) is 22.6. The van der Waals surface area contributed by atoms with Crippen LogP contribution in [0, 0.1) is 0 Å². The molecule has 1 aliphatic heterocycles. The summed E-state index contributed by atoms with van der Waals surface area (Å²) >= 11 is 0. The number of aliphatic imine (C=N–C) groups is 1. The van der Waals surface area contributed by atoms with E-state index in [1.165, 1.54) is 12.7 Å². The number of H-pyrrole nitrogens is 1. The fraction of sp³-hybridized carbons (Fsp3) is 0.286. The average Bonchev–Trinajstić information content (AvgIpc) is 2.58. The number of hydrogen-bond acceptors (Lipinski definition) is 5. The summed E-state index contributed by atoms with van der Waals surface area (Å²) in [5.41, 5.74) is 6.45. The first-order valence-electron chi connectivity index (χ1n) is 3.76. The van der Waals surface area contributed by atoms with E-state index in [2.05, 4.69) is 15.0 Å². The van der Waals surface area contributed by atoms with Crippen LogP contribution in [0.2, 0.25) is 0 Å². The number of imidazole rings is 1. The number of aromatic nitrogens is 2. The van der Waals surface area contributed by atoms with Crippen LogP contribution in [-0.2, 0) is 4.79 Å². The van der Waals surface area contributed by atoms with Crippen LogP contribution in [0.3, 0.4) is 0 Å². The van der Waals surface area contributed by atoms with Gasteiger partial charge in [-0.05, 0) is 0 Å². The maximum absolute atomic E-state index is 10.2. The molecule has 0 saturated carbocycles. The number of hydrogen-bond donors (Lipinski definition) is 2. The van der Waals surface area contributed by atoms with Crippen LogP contribution in [0.15, 0.2) is 11.3 Å². The molecule has 0 spiro atoms. The van der Waals surface area contributed by atoms with Gasteiger partial charge in [-0.2, -0.15) is 0 Å². The Morgan fingerprint density at radius 1 is 1.77 bits per heavy atom. The SMILES string of the molecule is NC1c2nc[nH]c2N=CN1C[C]=O. The van der Waals surface area contributed by atoms with Gasteiger partial charge < -0.3 is 15.6 Å². The van der Waals surface area contributed by atoms with Gasteiger partial charge in [0.15, 0.2) is 5.82 Å². The second-order valence-electron chi connectivity index (χ2n) is 2.64. The third-order valence-corrected chi connectivity index (χ3v) is 1.87. The van der Waals surface area contributed by atoms with E-state index in [9.17, 15) is 4.79 Å². The van der Waals surface area contributed by atoms with Gasteiger partial charge in [-0.25, -0.2) is 9.98 Å². The lowest BCUT2D eigenvalue weighted by atomic mass is 10.3. The summed E-state index contributed by atoms with van der Waals surface area (Å²) in [6.07, 6.45) is 4.37. The Bertz CT molecular complexity index is 344. The molecular weight excluding hydrogens is 170 g/mol. The first-order valence-corrected chi connectivity index (χ1v) is 3.76. The smallest absolute Gasteiger partial charge is 0.219 e. The summed E-state index contributed by atoms with van der Waals surface area (Å²) < 4.78 is 0. The van der Waals surface area contributed by atoms with Crippen LogP contribution < -0.4 is 5.73 Å². The molecule has 1 aromatic heterocycles. The number of carbonyl (C=O) groups excluding carboxylic acids is 1. The van der Waals surface area contributed by atoms with Crippen LogP contribution in [0.25, 0.3) is 0 Å². The third kappa shape index (κ3) is 1.20. The molecule has 1 aromatic rings. The lowest BCUT2D eigenvalue weighted by Gasteiger charge is -2.25. The van der Waals surface area contributed by atoms with Crippen LogP contribution in [0.1, 0.15) is 11.9 Å². The van der Waals surface area contributed by atoms with E-state index in [1.807, 2.05) is 0 Å². The number of nitrogens with two attached hydrogens (primary N) is 1. The Hall–Kier alpha value is -1.69. The first-order chi connectivity index (χ1) is 6.33. The van der Waals surface area contributed by atoms with Crippen molar-refractivity contribution in [1.29, 1.82) is 0 Å². The molecule has 3 N–H and O–H groups in total. The van der Waals surface area contributed by atoms with Gasteiger partial charge in [-0.15, -0.1) is 0 Å². The maximum atomic E-state index is 10.2. The van der Waals surface area contributed by atoms with Crippen molar-refractivity contribution in [1.82, 2.24) is 14.9 Å². The van der Waals surface area contributed by atoms with Gasteiger partial charge in [0.25, 0.3) is 0 Å². The van der Waals surface area contributed by atoms with Crippen LogP contribution in [0.5, 0.6) is 0 Å². The minimum atomic E-state index is -0.416. The zero-order chi connectivity index (χ0) is 9.26. The van der Waals surface area contributed by atoms with Gasteiger partial charge in [-0.3, -0.25) is 4.79 Å². The number of nitrogens with one attached hydrogen (secondary N) is 1. The van der Waals surface area contributed by atoms with Gasteiger partial charge >= 0.3 is 0 Å². The Morgan fingerprint density at radius 2 is 2.62 bits per heavy atom. The summed E-state index contributed by atoms with van der Waals surface area (Å²) in [5, 5.41) is 0. The van der Waals surface area contributed by atoms with Gasteiger partial charge in [0, 0.05) is 0 Å². The molecule has 0 fully saturated rings. The second-order valence-corrected chi connectivity index (χ2v) is 2.64. The van der Waals surface area contributed by atoms with Crippen molar-refractivity contribution < 1.29 is 4.79 Å². The molecule has 1 atom stereocenters. The van der Waals surface area contributed by atoms with Crippen molar-refractivity contribution >= 4 is 18.4 Å². The van der Waals surface area contributed by atoms with E-state index in [1.54, 1.807) is 11.2 Å². The Balaban J connectivity index is 2.29. The van der Waals surface area contributed by atoms with Crippen molar-refractivity contribution in [3.63, 3.8) is 0 Å². The largest absolute Gasteiger partial charge is 0.334 e. The first kappa shape index (κ1) is 7.93. The molecule has 1 aliphatic rings. The van der Waals surface area contributed by atoms with Crippen molar-refractivity contribution in [3.05, 3.63) is 12.0 Å². The summed E-state index contributed by atoms with van der Waals surface area (Å²) in [7, 11) is 0. The molecule has 0 amide bonds. The quantitative estimate of drug-likeness (QED) is 0.636. The predicted molar refractivity (Wildman–Crippen MR) is 46.1 cm³/mol. The van der Waals surface area contributed by atoms with E-state index in [-0.39, 0.29) is 6.54 Å². The predicted octanol–water partition coefficient (Wildman–Crippen LogP) is -0.548. The fourth-order valence-corrected chi connectivity index (χ4v) is 1.19. The van der Waals surface area contributed by atoms with E-state index < -0.39 is 6.17 Å². The monoisotopic (exact) mass is 178 g/mol. The van der Waals surface area contributed by atoms with Crippen LogP contribution in [-0.4, -0.2) is 34.0 Å². The normalized spacial score (nSPS) is 20.1. The highest BCUT2D eigenvalue weighted by Crippen LogP contribution is 2.25. The van der Waals surface area contributed by atoms with Gasteiger partial charge in [0.1, 0.15) is 11.9 Å². The molecule has 6 nitrogen and oxygen atoms in total. The standard InChI is InChI=1S/C7H8N5O/c8-6-5-7(10-3-9-5)11-4-12(6)1-2-13/h3-4,6H,1,8H2,(H,9,10). The maximum Gasteiger partial charge on any atom is 0.219 e. The van der Waals surface area contributed by atoms with Gasteiger partial charge in [0.05, 0.1) is 19.2 Å². The molecule has 1 radical (unpaired) electrons. The molecule has 67 valence electrons. The number of rotatable bonds is 2. The Kier molecular flexibility index (Phi) is 1.82. The topological polar surface area (TPSA) is 87.4 Å². The van der Waals surface area contributed by atoms with Crippen LogP contribution in [0.4, 0.5) is 5.82 Å². The van der Waals surface area contributed by atoms with Crippen molar-refractivity contribution in [2.45, 2.75) is 6.17 Å². The molecule has 0 aliphatic carbocycles. The molecular formula is C7H8N5O. The minimum Gasteiger partial charge on any atom is -0.334 e. The molecule has 0 bridgehead atoms. The summed E-state index contributed by atoms with van der Waals surface area (Å²) in [6.45, 7) is 0.108. The minimum absolute atomic E-state index is 0.108. The van der Waals surface area contributed by atoms with Crippen LogP contribution >= 0.6 is 0 Å². The molecule has 0 saturated heterocycles. The average molecular weight is 178 g/mol. The molecule has 2 heterocycles. The Morgan fingerprint density at radius 3 is 3.38 bits per heavy atom. The lowest BCUT2D eigenvalue weighted by Crippen LogP contribution is -2.36. The summed E-state index contributed by atoms with van der Waals surface area (Å²) in [5.74, 6) is 0.648. The van der Waals surface area contributed by atoms with Crippen molar-refractivity contribution in [3.8, 4) is 0 Å². The lowest BCUT2D eigenvalue weighted by molar-refractivity contribution is 0.354. The number of fused-ring (bicyclic) bond motifs is 1. The highest BCUT2D eigenvalue weighted by Gasteiger charge is 2.22. The molecule has 1 unspecified atom stereocenters. The second kappa shape index (κ2) is 2.98.